The van der Waals surface area contributed by atoms with Gasteiger partial charge in [-0.25, -0.2) is 0 Å². The van der Waals surface area contributed by atoms with Gasteiger partial charge in [0, 0.05) is 17.9 Å². The fourth-order valence-electron chi connectivity index (χ4n) is 5.44. The molecular formula is C26H33ClO3. The highest BCUT2D eigenvalue weighted by molar-refractivity contribution is 6.31. The van der Waals surface area contributed by atoms with Crippen LogP contribution < -0.4 is 0 Å². The van der Waals surface area contributed by atoms with Gasteiger partial charge in [0.05, 0.1) is 24.4 Å². The summed E-state index contributed by atoms with van der Waals surface area (Å²) in [5, 5.41) is 21.1. The number of ether oxygens (including phenoxy) is 1. The van der Waals surface area contributed by atoms with Crippen molar-refractivity contribution in [1.29, 1.82) is 0 Å². The number of hydrogen-bond acceptors (Lipinski definition) is 3. The van der Waals surface area contributed by atoms with E-state index in [-0.39, 0.29) is 12.7 Å². The van der Waals surface area contributed by atoms with Crippen LogP contribution in [0.2, 0.25) is 5.02 Å². The molecule has 4 rings (SSSR count). The lowest BCUT2D eigenvalue weighted by Gasteiger charge is -2.41. The van der Waals surface area contributed by atoms with Crippen molar-refractivity contribution in [1.82, 2.24) is 0 Å². The molecule has 1 spiro atoms. The maximum Gasteiger partial charge on any atom is 0.0969 e. The van der Waals surface area contributed by atoms with Crippen molar-refractivity contribution in [2.75, 3.05) is 6.61 Å². The molecule has 1 heterocycles. The van der Waals surface area contributed by atoms with Crippen LogP contribution in [0.5, 0.6) is 0 Å². The largest absolute Gasteiger partial charge is 0.394 e. The average Bonchev–Trinajstić information content (AvgIpc) is 3.00. The summed E-state index contributed by atoms with van der Waals surface area (Å²) in [6, 6.07) is 13.1. The van der Waals surface area contributed by atoms with Crippen LogP contribution in [0.25, 0.3) is 0 Å². The van der Waals surface area contributed by atoms with Crippen molar-refractivity contribution in [3.8, 4) is 0 Å². The Morgan fingerprint density at radius 2 is 1.83 bits per heavy atom. The first kappa shape index (κ1) is 21.8. The molecule has 3 unspecified atom stereocenters. The molecule has 1 saturated heterocycles. The molecule has 2 aromatic rings. The van der Waals surface area contributed by atoms with E-state index in [0.717, 1.165) is 42.7 Å². The van der Waals surface area contributed by atoms with Crippen LogP contribution in [0, 0.1) is 0 Å². The lowest BCUT2D eigenvalue weighted by molar-refractivity contribution is -0.179. The number of aryl methyl sites for hydroxylation is 1. The smallest absolute Gasteiger partial charge is 0.0969 e. The topological polar surface area (TPSA) is 49.7 Å². The Labute approximate surface area is 185 Å². The van der Waals surface area contributed by atoms with Crippen molar-refractivity contribution in [2.45, 2.75) is 82.5 Å². The lowest BCUT2D eigenvalue weighted by atomic mass is 9.83. The van der Waals surface area contributed by atoms with Crippen molar-refractivity contribution in [3.05, 3.63) is 69.2 Å². The molecule has 0 radical (unpaired) electrons. The minimum atomic E-state index is -0.522. The first-order chi connectivity index (χ1) is 14.5. The minimum Gasteiger partial charge on any atom is -0.394 e. The van der Waals surface area contributed by atoms with Crippen LogP contribution in [0.1, 0.15) is 79.7 Å². The van der Waals surface area contributed by atoms with E-state index in [9.17, 15) is 10.2 Å². The Morgan fingerprint density at radius 3 is 2.50 bits per heavy atom. The van der Waals surface area contributed by atoms with Crippen LogP contribution in [-0.2, 0) is 23.2 Å². The molecule has 2 aromatic carbocycles. The van der Waals surface area contributed by atoms with Crippen LogP contribution in [0.15, 0.2) is 36.4 Å². The third kappa shape index (κ3) is 4.18. The highest BCUT2D eigenvalue weighted by Gasteiger charge is 2.49. The first-order valence-corrected chi connectivity index (χ1v) is 11.7. The van der Waals surface area contributed by atoms with E-state index in [4.69, 9.17) is 16.3 Å². The second kappa shape index (κ2) is 9.00. The predicted molar refractivity (Wildman–Crippen MR) is 121 cm³/mol. The quantitative estimate of drug-likeness (QED) is 0.637. The summed E-state index contributed by atoms with van der Waals surface area (Å²) >= 11 is 6.76. The zero-order valence-corrected chi connectivity index (χ0v) is 18.8. The van der Waals surface area contributed by atoms with E-state index in [2.05, 4.69) is 50.2 Å². The fraction of sp³-hybridized carbons (Fsp3) is 0.538. The molecule has 4 atom stereocenters. The third-order valence-electron chi connectivity index (χ3n) is 6.88. The number of aliphatic hydroxyl groups excluding tert-OH is 2. The molecule has 162 valence electrons. The summed E-state index contributed by atoms with van der Waals surface area (Å²) in [5.41, 5.74) is 5.58. The van der Waals surface area contributed by atoms with Crippen molar-refractivity contribution < 1.29 is 14.9 Å². The molecule has 0 amide bonds. The van der Waals surface area contributed by atoms with E-state index < -0.39 is 11.7 Å². The van der Waals surface area contributed by atoms with E-state index >= 15 is 0 Å². The monoisotopic (exact) mass is 428 g/mol. The summed E-state index contributed by atoms with van der Waals surface area (Å²) in [5.74, 6) is 0.380. The van der Waals surface area contributed by atoms with E-state index in [1.165, 1.54) is 22.3 Å². The molecule has 2 N–H and O–H groups in total. The van der Waals surface area contributed by atoms with Crippen molar-refractivity contribution in [2.24, 2.45) is 0 Å². The molecule has 2 aliphatic rings. The van der Waals surface area contributed by atoms with Crippen LogP contribution in [0.3, 0.4) is 0 Å². The molecule has 1 fully saturated rings. The molecule has 0 bridgehead atoms. The summed E-state index contributed by atoms with van der Waals surface area (Å²) in [7, 11) is 0. The van der Waals surface area contributed by atoms with Crippen LogP contribution in [-0.4, -0.2) is 29.0 Å². The molecular weight excluding hydrogens is 396 g/mol. The SMILES string of the molecule is CCCC1C[C@@]2(CC(O)CC(CO)O2)c2cc(Cc3ccc(CC)cc3)c(Cl)cc21. The molecule has 0 aromatic heterocycles. The van der Waals surface area contributed by atoms with Crippen LogP contribution >= 0.6 is 11.6 Å². The Bertz CT molecular complexity index is 879. The van der Waals surface area contributed by atoms with E-state index in [1.807, 2.05) is 0 Å². The Balaban J connectivity index is 1.72. The van der Waals surface area contributed by atoms with E-state index in [0.29, 0.717) is 18.8 Å². The van der Waals surface area contributed by atoms with Gasteiger partial charge in [-0.2, -0.15) is 0 Å². The van der Waals surface area contributed by atoms with Gasteiger partial charge >= 0.3 is 0 Å². The molecule has 4 heteroatoms. The number of halogens is 1. The summed E-state index contributed by atoms with van der Waals surface area (Å²) < 4.78 is 6.48. The predicted octanol–water partition coefficient (Wildman–Crippen LogP) is 5.51. The zero-order chi connectivity index (χ0) is 21.3. The standard InChI is InChI=1S/C26H33ClO3/c1-3-5-19-14-26(15-21(29)12-22(16-28)30-26)24-11-20(25(27)13-23(19)24)10-18-8-6-17(4-2)7-9-18/h6-9,11,13,19,21-22,28-29H,3-5,10,12,14-16H2,1-2H3/t19?,21?,22?,26-/m1/s1. The maximum absolute atomic E-state index is 10.6. The number of fused-ring (bicyclic) bond motifs is 2. The van der Waals surface area contributed by atoms with E-state index in [1.54, 1.807) is 0 Å². The zero-order valence-electron chi connectivity index (χ0n) is 18.0. The lowest BCUT2D eigenvalue weighted by Crippen LogP contribution is -2.44. The van der Waals surface area contributed by atoms with Gasteiger partial charge in [-0.15, -0.1) is 0 Å². The first-order valence-electron chi connectivity index (χ1n) is 11.3. The Hall–Kier alpha value is -1.39. The fourth-order valence-corrected chi connectivity index (χ4v) is 5.68. The van der Waals surface area contributed by atoms with Gasteiger partial charge in [-0.05, 0) is 65.5 Å². The van der Waals surface area contributed by atoms with Gasteiger partial charge in [-0.3, -0.25) is 0 Å². The summed E-state index contributed by atoms with van der Waals surface area (Å²) in [6.45, 7) is 4.31. The van der Waals surface area contributed by atoms with Gasteiger partial charge in [0.15, 0.2) is 0 Å². The van der Waals surface area contributed by atoms with Gasteiger partial charge in [0.1, 0.15) is 0 Å². The second-order valence-electron chi connectivity index (χ2n) is 9.08. The van der Waals surface area contributed by atoms with Gasteiger partial charge in [0.2, 0.25) is 0 Å². The molecule has 0 saturated carbocycles. The Morgan fingerprint density at radius 1 is 1.10 bits per heavy atom. The number of hydrogen-bond donors (Lipinski definition) is 2. The number of benzene rings is 2. The van der Waals surface area contributed by atoms with Gasteiger partial charge in [0.25, 0.3) is 0 Å². The third-order valence-corrected chi connectivity index (χ3v) is 7.24. The van der Waals surface area contributed by atoms with Gasteiger partial charge < -0.3 is 14.9 Å². The molecule has 3 nitrogen and oxygen atoms in total. The summed E-state index contributed by atoms with van der Waals surface area (Å²) in [6.07, 6.45) is 5.14. The highest BCUT2D eigenvalue weighted by Crippen LogP contribution is 2.54. The Kier molecular flexibility index (Phi) is 6.55. The minimum absolute atomic E-state index is 0.0587. The van der Waals surface area contributed by atoms with Crippen molar-refractivity contribution >= 4 is 11.6 Å². The normalized spacial score (nSPS) is 28.1. The molecule has 1 aliphatic carbocycles. The number of aliphatic hydroxyl groups is 2. The summed E-state index contributed by atoms with van der Waals surface area (Å²) in [4.78, 5) is 0. The molecule has 30 heavy (non-hydrogen) atoms. The molecule has 1 aliphatic heterocycles. The van der Waals surface area contributed by atoms with Crippen LogP contribution in [0.4, 0.5) is 0 Å². The average molecular weight is 429 g/mol. The highest BCUT2D eigenvalue weighted by atomic mass is 35.5. The van der Waals surface area contributed by atoms with Gasteiger partial charge in [-0.1, -0.05) is 62.2 Å². The van der Waals surface area contributed by atoms with Crippen molar-refractivity contribution in [3.63, 3.8) is 0 Å². The maximum atomic E-state index is 10.6. The number of rotatable bonds is 6. The second-order valence-corrected chi connectivity index (χ2v) is 9.48.